The first-order chi connectivity index (χ1) is 9.49. The van der Waals surface area contributed by atoms with Crippen LogP contribution < -0.4 is 5.32 Å². The molecule has 6 nitrogen and oxygen atoms in total. The second-order valence-electron chi connectivity index (χ2n) is 5.19. The van der Waals surface area contributed by atoms with E-state index in [9.17, 15) is 14.9 Å². The van der Waals surface area contributed by atoms with Crippen molar-refractivity contribution in [2.45, 2.75) is 26.7 Å². The molecule has 0 bridgehead atoms. The van der Waals surface area contributed by atoms with Crippen LogP contribution in [0.25, 0.3) is 0 Å². The summed E-state index contributed by atoms with van der Waals surface area (Å²) < 4.78 is 0. The number of nitro benzene ring substituents is 1. The molecule has 0 aromatic heterocycles. The molecule has 1 aliphatic heterocycles. The van der Waals surface area contributed by atoms with Gasteiger partial charge < -0.3 is 5.32 Å². The third-order valence-electron chi connectivity index (χ3n) is 3.74. The summed E-state index contributed by atoms with van der Waals surface area (Å²) in [6, 6.07) is 3.14. The first-order valence-corrected chi connectivity index (χ1v) is 6.76. The van der Waals surface area contributed by atoms with Gasteiger partial charge in [-0.2, -0.15) is 0 Å². The zero-order chi connectivity index (χ0) is 14.7. The third-order valence-corrected chi connectivity index (χ3v) is 3.74. The molecular formula is C14H19N3O3. The number of benzene rings is 1. The number of likely N-dealkylation sites (tertiary alicyclic amines) is 1. The van der Waals surface area contributed by atoms with E-state index in [1.54, 1.807) is 13.0 Å². The van der Waals surface area contributed by atoms with E-state index in [0.29, 0.717) is 12.2 Å². The second-order valence-corrected chi connectivity index (χ2v) is 5.19. The van der Waals surface area contributed by atoms with Gasteiger partial charge in [-0.15, -0.1) is 0 Å². The maximum atomic E-state index is 12.0. The number of hydrogen-bond donors (Lipinski definition) is 1. The van der Waals surface area contributed by atoms with E-state index in [1.807, 2.05) is 6.92 Å². The topological polar surface area (TPSA) is 75.5 Å². The third kappa shape index (κ3) is 3.14. The molecule has 1 aromatic rings. The molecule has 0 saturated carbocycles. The number of rotatable bonds is 4. The van der Waals surface area contributed by atoms with Gasteiger partial charge in [0, 0.05) is 6.07 Å². The highest BCUT2D eigenvalue weighted by molar-refractivity contribution is 5.95. The average molecular weight is 277 g/mol. The van der Waals surface area contributed by atoms with Crippen molar-refractivity contribution in [1.29, 1.82) is 0 Å². The van der Waals surface area contributed by atoms with Crippen LogP contribution in [0.3, 0.4) is 0 Å². The molecule has 20 heavy (non-hydrogen) atoms. The lowest BCUT2D eigenvalue weighted by Crippen LogP contribution is -2.31. The molecule has 1 N–H and O–H groups in total. The van der Waals surface area contributed by atoms with Crippen LogP contribution in [0.5, 0.6) is 0 Å². The smallest absolute Gasteiger partial charge is 0.293 e. The molecular weight excluding hydrogens is 258 g/mol. The largest absolute Gasteiger partial charge is 0.319 e. The minimum Gasteiger partial charge on any atom is -0.319 e. The summed E-state index contributed by atoms with van der Waals surface area (Å²) in [5.74, 6) is -0.191. The lowest BCUT2D eigenvalue weighted by atomic mass is 10.1. The lowest BCUT2D eigenvalue weighted by Gasteiger charge is -2.15. The molecule has 1 amide bonds. The normalized spacial score (nSPS) is 15.3. The fourth-order valence-electron chi connectivity index (χ4n) is 2.43. The number of hydrogen-bond acceptors (Lipinski definition) is 4. The number of carbonyl (C=O) groups excluding carboxylic acids is 1. The Bertz CT molecular complexity index is 537. The highest BCUT2D eigenvalue weighted by Gasteiger charge is 2.21. The highest BCUT2D eigenvalue weighted by atomic mass is 16.6. The Kier molecular flexibility index (Phi) is 4.34. The predicted octanol–water partition coefficient (Wildman–Crippen LogP) is 2.25. The van der Waals surface area contributed by atoms with Crippen LogP contribution in [0.1, 0.15) is 24.0 Å². The van der Waals surface area contributed by atoms with Gasteiger partial charge in [0.2, 0.25) is 5.91 Å². The molecule has 0 aliphatic carbocycles. The average Bonchev–Trinajstić information content (AvgIpc) is 2.87. The van der Waals surface area contributed by atoms with E-state index in [-0.39, 0.29) is 11.6 Å². The van der Waals surface area contributed by atoms with Crippen LogP contribution in [-0.4, -0.2) is 35.4 Å². The minimum atomic E-state index is -0.460. The first-order valence-electron chi connectivity index (χ1n) is 6.76. The van der Waals surface area contributed by atoms with Crippen LogP contribution in [0.2, 0.25) is 0 Å². The van der Waals surface area contributed by atoms with E-state index < -0.39 is 4.92 Å². The van der Waals surface area contributed by atoms with E-state index in [1.165, 1.54) is 6.07 Å². The van der Waals surface area contributed by atoms with Gasteiger partial charge in [-0.25, -0.2) is 0 Å². The van der Waals surface area contributed by atoms with E-state index in [4.69, 9.17) is 0 Å². The Balaban J connectivity index is 2.16. The molecule has 1 saturated heterocycles. The molecule has 0 spiro atoms. The molecule has 0 atom stereocenters. The zero-order valence-corrected chi connectivity index (χ0v) is 11.8. The van der Waals surface area contributed by atoms with Crippen LogP contribution in [0, 0.1) is 24.0 Å². The molecule has 0 unspecified atom stereocenters. The second kappa shape index (κ2) is 6.00. The summed E-state index contributed by atoms with van der Waals surface area (Å²) in [5, 5.41) is 13.8. The standard InChI is InChI=1S/C14H19N3O3/c1-10-5-6-12(17(19)20)14(11(10)2)15-13(18)9-16-7-3-4-8-16/h5-6H,3-4,7-9H2,1-2H3,(H,15,18). The number of anilines is 1. The van der Waals surface area contributed by atoms with E-state index in [2.05, 4.69) is 10.2 Å². The Hall–Kier alpha value is -1.95. The number of nitrogens with one attached hydrogen (secondary N) is 1. The number of aryl methyl sites for hydroxylation is 1. The van der Waals surface area contributed by atoms with Gasteiger partial charge in [0.15, 0.2) is 0 Å². The number of amides is 1. The van der Waals surface area contributed by atoms with Crippen molar-refractivity contribution >= 4 is 17.3 Å². The van der Waals surface area contributed by atoms with Crippen LogP contribution >= 0.6 is 0 Å². The quantitative estimate of drug-likeness (QED) is 0.676. The fourth-order valence-corrected chi connectivity index (χ4v) is 2.43. The van der Waals surface area contributed by atoms with Crippen molar-refractivity contribution < 1.29 is 9.72 Å². The van der Waals surface area contributed by atoms with Gasteiger partial charge in [0.25, 0.3) is 5.69 Å². The molecule has 1 heterocycles. The van der Waals surface area contributed by atoms with Crippen molar-refractivity contribution in [3.05, 3.63) is 33.4 Å². The summed E-state index contributed by atoms with van der Waals surface area (Å²) in [5.41, 5.74) is 1.93. The summed E-state index contributed by atoms with van der Waals surface area (Å²) in [6.07, 6.45) is 2.22. The number of nitro groups is 1. The minimum absolute atomic E-state index is 0.0529. The Labute approximate surface area is 117 Å². The SMILES string of the molecule is Cc1ccc([N+](=O)[O-])c(NC(=O)CN2CCCC2)c1C. The fraction of sp³-hybridized carbons (Fsp3) is 0.500. The van der Waals surface area contributed by atoms with Gasteiger partial charge >= 0.3 is 0 Å². The monoisotopic (exact) mass is 277 g/mol. The summed E-state index contributed by atoms with van der Waals surface area (Å²) in [6.45, 7) is 5.79. The maximum absolute atomic E-state index is 12.0. The van der Waals surface area contributed by atoms with Crippen molar-refractivity contribution in [3.63, 3.8) is 0 Å². The number of nitrogens with zero attached hydrogens (tertiary/aromatic N) is 2. The van der Waals surface area contributed by atoms with Crippen LogP contribution in [0.4, 0.5) is 11.4 Å². The van der Waals surface area contributed by atoms with Gasteiger partial charge in [0.05, 0.1) is 11.5 Å². The first kappa shape index (κ1) is 14.5. The zero-order valence-electron chi connectivity index (χ0n) is 11.8. The Morgan fingerprint density at radius 1 is 1.35 bits per heavy atom. The van der Waals surface area contributed by atoms with Crippen molar-refractivity contribution in [3.8, 4) is 0 Å². The summed E-state index contributed by atoms with van der Waals surface area (Å²) in [4.78, 5) is 24.7. The molecule has 2 rings (SSSR count). The molecule has 108 valence electrons. The predicted molar refractivity (Wildman–Crippen MR) is 76.9 cm³/mol. The van der Waals surface area contributed by atoms with Gasteiger partial charge in [-0.1, -0.05) is 6.07 Å². The summed E-state index contributed by atoms with van der Waals surface area (Å²) in [7, 11) is 0. The van der Waals surface area contributed by atoms with E-state index in [0.717, 1.165) is 37.1 Å². The van der Waals surface area contributed by atoms with Crippen molar-refractivity contribution in [1.82, 2.24) is 4.90 Å². The van der Waals surface area contributed by atoms with Gasteiger partial charge in [-0.3, -0.25) is 19.8 Å². The van der Waals surface area contributed by atoms with Crippen LogP contribution in [-0.2, 0) is 4.79 Å². The van der Waals surface area contributed by atoms with Crippen molar-refractivity contribution in [2.24, 2.45) is 0 Å². The number of carbonyl (C=O) groups is 1. The molecule has 1 aliphatic rings. The molecule has 6 heteroatoms. The van der Waals surface area contributed by atoms with Gasteiger partial charge in [0.1, 0.15) is 5.69 Å². The van der Waals surface area contributed by atoms with Gasteiger partial charge in [-0.05, 0) is 50.9 Å². The van der Waals surface area contributed by atoms with Crippen LogP contribution in [0.15, 0.2) is 12.1 Å². The molecule has 1 fully saturated rings. The summed E-state index contributed by atoms with van der Waals surface area (Å²) >= 11 is 0. The highest BCUT2D eigenvalue weighted by Crippen LogP contribution is 2.30. The lowest BCUT2D eigenvalue weighted by molar-refractivity contribution is -0.384. The van der Waals surface area contributed by atoms with Crippen molar-refractivity contribution in [2.75, 3.05) is 25.0 Å². The molecule has 0 radical (unpaired) electrons. The Morgan fingerprint density at radius 2 is 2.00 bits per heavy atom. The molecule has 1 aromatic carbocycles. The Morgan fingerprint density at radius 3 is 2.60 bits per heavy atom. The maximum Gasteiger partial charge on any atom is 0.293 e. The van der Waals surface area contributed by atoms with E-state index >= 15 is 0 Å².